The zero-order valence-corrected chi connectivity index (χ0v) is 12.7. The molecule has 0 aromatic carbocycles. The van der Waals surface area contributed by atoms with Gasteiger partial charge < -0.3 is 0 Å². The van der Waals surface area contributed by atoms with Crippen LogP contribution in [0.25, 0.3) is 0 Å². The average Bonchev–Trinajstić information content (AvgIpc) is 2.53. The molecule has 0 saturated heterocycles. The molecule has 4 heteroatoms. The summed E-state index contributed by atoms with van der Waals surface area (Å²) in [6.45, 7) is 12.9. The van der Waals surface area contributed by atoms with Crippen molar-refractivity contribution in [1.29, 1.82) is 0 Å². The third-order valence-corrected chi connectivity index (χ3v) is 5.28. The maximum atomic E-state index is 5.93. The van der Waals surface area contributed by atoms with Crippen molar-refractivity contribution in [2.24, 2.45) is 10.8 Å². The molecule has 0 N–H and O–H groups in total. The van der Waals surface area contributed by atoms with Crippen molar-refractivity contribution in [3.05, 3.63) is 23.9 Å². The Kier molecular flexibility index (Phi) is 2.58. The van der Waals surface area contributed by atoms with Crippen LogP contribution in [0.4, 0.5) is 0 Å². The number of nitrogens with zero attached hydrogens (tertiary/aromatic N) is 1. The van der Waals surface area contributed by atoms with Crippen LogP contribution in [-0.4, -0.2) is 19.4 Å². The van der Waals surface area contributed by atoms with E-state index in [0.717, 1.165) is 11.5 Å². The Balaban J connectivity index is 2.18. The van der Waals surface area contributed by atoms with Gasteiger partial charge in [-0.25, -0.2) is 0 Å². The van der Waals surface area contributed by atoms with E-state index in [4.69, 9.17) is 7.45 Å². The molecule has 0 aliphatic carbocycles. The van der Waals surface area contributed by atoms with Crippen molar-refractivity contribution in [1.82, 2.24) is 3.82 Å². The van der Waals surface area contributed by atoms with Crippen molar-refractivity contribution in [3.63, 3.8) is 0 Å². The van der Waals surface area contributed by atoms with Crippen molar-refractivity contribution in [2.75, 3.05) is 0 Å². The Morgan fingerprint density at radius 2 is 1.25 bits per heavy atom. The minimum absolute atomic E-state index is 0.0676. The molecule has 0 aromatic rings. The first-order chi connectivity index (χ1) is 7.18. The van der Waals surface area contributed by atoms with Crippen LogP contribution < -0.4 is 0 Å². The fraction of sp³-hybridized carbons (Fsp3) is 0.667. The van der Waals surface area contributed by atoms with Crippen LogP contribution in [-0.2, 0) is 7.45 Å². The van der Waals surface area contributed by atoms with Crippen LogP contribution in [0.5, 0.6) is 0 Å². The molecular formula is C12H20AsNO2. The van der Waals surface area contributed by atoms with E-state index in [1.807, 2.05) is 0 Å². The van der Waals surface area contributed by atoms with Gasteiger partial charge in [0.1, 0.15) is 0 Å². The standard InChI is InChI=1S/C12H20AsNO2/c1-11(2,3)9-7-14-8-10(12(4,5)6)16-13(14)15-9/h7-8H,1-6H3. The van der Waals surface area contributed by atoms with Crippen LogP contribution in [0.1, 0.15) is 41.5 Å². The maximum absolute atomic E-state index is 5.93. The second-order valence-corrected chi connectivity index (χ2v) is 9.02. The summed E-state index contributed by atoms with van der Waals surface area (Å²) < 4.78 is 14.0. The molecule has 16 heavy (non-hydrogen) atoms. The monoisotopic (exact) mass is 285 g/mol. The summed E-state index contributed by atoms with van der Waals surface area (Å²) in [5, 5.41) is 0. The average molecular weight is 285 g/mol. The quantitative estimate of drug-likeness (QED) is 0.638. The third kappa shape index (κ3) is 2.10. The molecule has 0 atom stereocenters. The molecular weight excluding hydrogens is 265 g/mol. The van der Waals surface area contributed by atoms with Crippen LogP contribution >= 0.6 is 0 Å². The Labute approximate surface area is 103 Å². The number of allylic oxidation sites excluding steroid dienone is 2. The van der Waals surface area contributed by atoms with E-state index in [0.29, 0.717) is 0 Å². The van der Waals surface area contributed by atoms with Crippen molar-refractivity contribution in [3.8, 4) is 0 Å². The van der Waals surface area contributed by atoms with Gasteiger partial charge in [-0.2, -0.15) is 0 Å². The van der Waals surface area contributed by atoms with E-state index in [-0.39, 0.29) is 10.8 Å². The fourth-order valence-corrected chi connectivity index (χ4v) is 4.72. The van der Waals surface area contributed by atoms with Gasteiger partial charge in [-0.3, -0.25) is 0 Å². The molecule has 2 aliphatic heterocycles. The summed E-state index contributed by atoms with van der Waals surface area (Å²) in [7, 11) is 0. The SMILES string of the molecule is CC(C)(C)C1=CN2C=C(C(C)(C)C)O[As]2O1. The van der Waals surface area contributed by atoms with Gasteiger partial charge in [0.15, 0.2) is 0 Å². The molecule has 0 aromatic heterocycles. The van der Waals surface area contributed by atoms with E-state index in [2.05, 4.69) is 57.8 Å². The van der Waals surface area contributed by atoms with Gasteiger partial charge in [-0.1, -0.05) is 0 Å². The van der Waals surface area contributed by atoms with Gasteiger partial charge in [0.2, 0.25) is 0 Å². The summed E-state index contributed by atoms with van der Waals surface area (Å²) >= 11 is -1.78. The van der Waals surface area contributed by atoms with Gasteiger partial charge >= 0.3 is 103 Å². The Bertz CT molecular complexity index is 326. The van der Waals surface area contributed by atoms with Crippen LogP contribution in [0.15, 0.2) is 23.9 Å². The fourth-order valence-electron chi connectivity index (χ4n) is 1.36. The van der Waals surface area contributed by atoms with Crippen molar-refractivity contribution >= 4 is 15.6 Å². The predicted octanol–water partition coefficient (Wildman–Crippen LogP) is 3.11. The molecule has 0 unspecified atom stereocenters. The molecule has 0 fully saturated rings. The molecule has 0 amide bonds. The summed E-state index contributed by atoms with van der Waals surface area (Å²) in [5.74, 6) is 2.08. The molecule has 0 spiro atoms. The first-order valence-electron chi connectivity index (χ1n) is 5.57. The topological polar surface area (TPSA) is 21.7 Å². The Hall–Kier alpha value is -0.562. The number of fused-ring (bicyclic) bond motifs is 1. The van der Waals surface area contributed by atoms with Crippen molar-refractivity contribution < 1.29 is 7.45 Å². The zero-order valence-electron chi connectivity index (χ0n) is 10.9. The van der Waals surface area contributed by atoms with Crippen LogP contribution in [0.2, 0.25) is 0 Å². The number of hydrogen-bond donors (Lipinski definition) is 0. The van der Waals surface area contributed by atoms with Gasteiger partial charge in [-0.15, -0.1) is 0 Å². The molecule has 90 valence electrons. The third-order valence-electron chi connectivity index (χ3n) is 2.52. The van der Waals surface area contributed by atoms with E-state index in [1.54, 1.807) is 0 Å². The number of hydrogen-bond acceptors (Lipinski definition) is 3. The Morgan fingerprint density at radius 3 is 1.50 bits per heavy atom. The van der Waals surface area contributed by atoms with E-state index in [1.165, 1.54) is 0 Å². The van der Waals surface area contributed by atoms with Crippen LogP contribution in [0, 0.1) is 10.8 Å². The molecule has 3 nitrogen and oxygen atoms in total. The van der Waals surface area contributed by atoms with Gasteiger partial charge in [0, 0.05) is 0 Å². The van der Waals surface area contributed by atoms with E-state index < -0.39 is 15.6 Å². The summed E-state index contributed by atoms with van der Waals surface area (Å²) in [6.07, 6.45) is 4.19. The summed E-state index contributed by atoms with van der Waals surface area (Å²) in [5.41, 5.74) is 0.135. The summed E-state index contributed by atoms with van der Waals surface area (Å²) in [6, 6.07) is 0. The van der Waals surface area contributed by atoms with Crippen LogP contribution in [0.3, 0.4) is 0 Å². The first kappa shape index (κ1) is 11.9. The molecule has 0 bridgehead atoms. The first-order valence-corrected chi connectivity index (χ1v) is 7.94. The molecule has 2 rings (SSSR count). The second kappa shape index (κ2) is 3.46. The second-order valence-electron chi connectivity index (χ2n) is 6.29. The summed E-state index contributed by atoms with van der Waals surface area (Å²) in [4.78, 5) is 0. The van der Waals surface area contributed by atoms with E-state index >= 15 is 0 Å². The van der Waals surface area contributed by atoms with Crippen molar-refractivity contribution in [2.45, 2.75) is 41.5 Å². The van der Waals surface area contributed by atoms with E-state index in [9.17, 15) is 0 Å². The minimum atomic E-state index is -1.78. The predicted molar refractivity (Wildman–Crippen MR) is 64.8 cm³/mol. The number of rotatable bonds is 0. The molecule has 2 aliphatic rings. The Morgan fingerprint density at radius 1 is 0.875 bits per heavy atom. The normalized spacial score (nSPS) is 21.2. The molecule has 0 radical (unpaired) electrons. The van der Waals surface area contributed by atoms with Gasteiger partial charge in [-0.05, 0) is 0 Å². The van der Waals surface area contributed by atoms with Gasteiger partial charge in [0.25, 0.3) is 0 Å². The zero-order chi connectivity index (χ0) is 12.1. The molecule has 2 heterocycles. The molecule has 0 saturated carbocycles. The van der Waals surface area contributed by atoms with Gasteiger partial charge in [0.05, 0.1) is 0 Å².